The topological polar surface area (TPSA) is 68.0 Å². The van der Waals surface area contributed by atoms with Gasteiger partial charge >= 0.3 is 0 Å². The van der Waals surface area contributed by atoms with Gasteiger partial charge in [-0.05, 0) is 18.9 Å². The first kappa shape index (κ1) is 16.6. The van der Waals surface area contributed by atoms with Gasteiger partial charge in [0, 0.05) is 18.7 Å². The standard InChI is InChI=1S/C14H17N3OS.ClH/c1-10(15)7-8-13(18)17-14-16-9-12(19-14)11-5-3-2-4-6-11;/h2-6,9-10H,7-8,15H2,1H3,(H,16,17,18);1H. The maximum absolute atomic E-state index is 11.7. The number of carbonyl (C=O) groups excluding carboxylic acids is 1. The molecule has 0 spiro atoms. The van der Waals surface area contributed by atoms with Crippen LogP contribution in [0.4, 0.5) is 5.13 Å². The van der Waals surface area contributed by atoms with E-state index in [1.165, 1.54) is 11.3 Å². The summed E-state index contributed by atoms with van der Waals surface area (Å²) in [5.74, 6) is -0.0359. The number of carbonyl (C=O) groups is 1. The van der Waals surface area contributed by atoms with Gasteiger partial charge in [-0.2, -0.15) is 0 Å². The minimum Gasteiger partial charge on any atom is -0.328 e. The molecule has 2 aromatic rings. The van der Waals surface area contributed by atoms with Crippen LogP contribution >= 0.6 is 23.7 Å². The zero-order valence-corrected chi connectivity index (χ0v) is 12.8. The van der Waals surface area contributed by atoms with E-state index in [1.54, 1.807) is 6.20 Å². The fourth-order valence-corrected chi connectivity index (χ4v) is 2.45. The molecule has 0 aliphatic rings. The van der Waals surface area contributed by atoms with E-state index in [1.807, 2.05) is 37.3 Å². The van der Waals surface area contributed by atoms with E-state index in [4.69, 9.17) is 5.73 Å². The molecule has 3 N–H and O–H groups in total. The van der Waals surface area contributed by atoms with E-state index in [-0.39, 0.29) is 24.4 Å². The van der Waals surface area contributed by atoms with Crippen LogP contribution in [0.5, 0.6) is 0 Å². The van der Waals surface area contributed by atoms with Crippen LogP contribution in [0.1, 0.15) is 19.8 Å². The molecule has 1 amide bonds. The lowest BCUT2D eigenvalue weighted by Crippen LogP contribution is -2.19. The molecule has 0 aliphatic heterocycles. The van der Waals surface area contributed by atoms with Crippen molar-refractivity contribution in [1.29, 1.82) is 0 Å². The lowest BCUT2D eigenvalue weighted by atomic mass is 10.2. The predicted molar refractivity (Wildman–Crippen MR) is 86.3 cm³/mol. The van der Waals surface area contributed by atoms with Gasteiger partial charge in [-0.25, -0.2) is 4.98 Å². The molecule has 6 heteroatoms. The highest BCUT2D eigenvalue weighted by Gasteiger charge is 2.08. The van der Waals surface area contributed by atoms with Gasteiger partial charge in [0.1, 0.15) is 0 Å². The van der Waals surface area contributed by atoms with Crippen LogP contribution in [0, 0.1) is 0 Å². The summed E-state index contributed by atoms with van der Waals surface area (Å²) in [6, 6.07) is 10.0. The van der Waals surface area contributed by atoms with Gasteiger partial charge in [0.2, 0.25) is 5.91 Å². The van der Waals surface area contributed by atoms with E-state index in [0.29, 0.717) is 18.0 Å². The van der Waals surface area contributed by atoms with Gasteiger partial charge in [0.25, 0.3) is 0 Å². The SMILES string of the molecule is CC(N)CCC(=O)Nc1ncc(-c2ccccc2)s1.Cl. The molecule has 0 saturated carbocycles. The van der Waals surface area contributed by atoms with E-state index in [0.717, 1.165) is 10.4 Å². The van der Waals surface area contributed by atoms with Gasteiger partial charge in [0.15, 0.2) is 5.13 Å². The Balaban J connectivity index is 0.00000200. The summed E-state index contributed by atoms with van der Waals surface area (Å²) in [4.78, 5) is 16.9. The fourth-order valence-electron chi connectivity index (χ4n) is 1.61. The second-order valence-electron chi connectivity index (χ2n) is 4.46. The second kappa shape index (κ2) is 7.99. The van der Waals surface area contributed by atoms with Crippen molar-refractivity contribution >= 4 is 34.8 Å². The summed E-state index contributed by atoms with van der Waals surface area (Å²) in [5, 5.41) is 3.43. The minimum absolute atomic E-state index is 0. The number of amides is 1. The highest BCUT2D eigenvalue weighted by atomic mass is 35.5. The van der Waals surface area contributed by atoms with Crippen molar-refractivity contribution in [2.24, 2.45) is 5.73 Å². The van der Waals surface area contributed by atoms with Gasteiger partial charge < -0.3 is 11.1 Å². The first-order valence-electron chi connectivity index (χ1n) is 6.22. The van der Waals surface area contributed by atoms with Crippen LogP contribution in [0.2, 0.25) is 0 Å². The van der Waals surface area contributed by atoms with Crippen molar-refractivity contribution in [3.8, 4) is 10.4 Å². The zero-order valence-electron chi connectivity index (χ0n) is 11.2. The number of hydrogen-bond acceptors (Lipinski definition) is 4. The maximum Gasteiger partial charge on any atom is 0.226 e. The lowest BCUT2D eigenvalue weighted by Gasteiger charge is -2.04. The third-order valence-corrected chi connectivity index (χ3v) is 3.60. The number of nitrogens with one attached hydrogen (secondary N) is 1. The number of benzene rings is 1. The summed E-state index contributed by atoms with van der Waals surface area (Å²) >= 11 is 1.47. The predicted octanol–water partition coefficient (Wildman–Crippen LogP) is 3.30. The molecular formula is C14H18ClN3OS. The van der Waals surface area contributed by atoms with Gasteiger partial charge in [-0.1, -0.05) is 41.7 Å². The number of hydrogen-bond donors (Lipinski definition) is 2. The fraction of sp³-hybridized carbons (Fsp3) is 0.286. The Hall–Kier alpha value is -1.43. The molecule has 1 aromatic carbocycles. The van der Waals surface area contributed by atoms with Crippen molar-refractivity contribution in [3.63, 3.8) is 0 Å². The van der Waals surface area contributed by atoms with Crippen molar-refractivity contribution in [3.05, 3.63) is 36.5 Å². The largest absolute Gasteiger partial charge is 0.328 e. The first-order chi connectivity index (χ1) is 9.15. The quantitative estimate of drug-likeness (QED) is 0.890. The van der Waals surface area contributed by atoms with Gasteiger partial charge in [-0.3, -0.25) is 4.79 Å². The lowest BCUT2D eigenvalue weighted by molar-refractivity contribution is -0.116. The van der Waals surface area contributed by atoms with Gasteiger partial charge in [0.05, 0.1) is 4.88 Å². The highest BCUT2D eigenvalue weighted by Crippen LogP contribution is 2.28. The first-order valence-corrected chi connectivity index (χ1v) is 7.03. The number of thiazole rings is 1. The monoisotopic (exact) mass is 311 g/mol. The number of nitrogens with two attached hydrogens (primary N) is 1. The molecule has 1 unspecified atom stereocenters. The number of nitrogens with zero attached hydrogens (tertiary/aromatic N) is 1. The molecule has 1 aromatic heterocycles. The molecule has 2 rings (SSSR count). The van der Waals surface area contributed by atoms with Crippen molar-refractivity contribution in [2.75, 3.05) is 5.32 Å². The maximum atomic E-state index is 11.7. The molecule has 0 radical (unpaired) electrons. The minimum atomic E-state index is -0.0359. The molecule has 1 atom stereocenters. The smallest absolute Gasteiger partial charge is 0.226 e. The summed E-state index contributed by atoms with van der Waals surface area (Å²) in [5.41, 5.74) is 6.73. The summed E-state index contributed by atoms with van der Waals surface area (Å²) in [7, 11) is 0. The highest BCUT2D eigenvalue weighted by molar-refractivity contribution is 7.19. The van der Waals surface area contributed by atoms with Crippen LogP contribution < -0.4 is 11.1 Å². The number of rotatable bonds is 5. The molecular weight excluding hydrogens is 294 g/mol. The Kier molecular flexibility index (Phi) is 6.64. The third kappa shape index (κ3) is 4.92. The third-order valence-electron chi connectivity index (χ3n) is 2.64. The Morgan fingerprint density at radius 2 is 2.10 bits per heavy atom. The van der Waals surface area contributed by atoms with Crippen molar-refractivity contribution in [1.82, 2.24) is 4.98 Å². The van der Waals surface area contributed by atoms with Crippen molar-refractivity contribution in [2.45, 2.75) is 25.8 Å². The second-order valence-corrected chi connectivity index (χ2v) is 5.49. The molecule has 108 valence electrons. The summed E-state index contributed by atoms with van der Waals surface area (Å²) < 4.78 is 0. The van der Waals surface area contributed by atoms with Crippen LogP contribution in [0.15, 0.2) is 36.5 Å². The average molecular weight is 312 g/mol. The average Bonchev–Trinajstić information content (AvgIpc) is 2.86. The number of aromatic nitrogens is 1. The van der Waals surface area contributed by atoms with E-state index >= 15 is 0 Å². The number of anilines is 1. The molecule has 0 fully saturated rings. The van der Waals surface area contributed by atoms with Crippen LogP contribution in [0.3, 0.4) is 0 Å². The summed E-state index contributed by atoms with van der Waals surface area (Å²) in [6.45, 7) is 1.89. The van der Waals surface area contributed by atoms with Crippen molar-refractivity contribution < 1.29 is 4.79 Å². The summed E-state index contributed by atoms with van der Waals surface area (Å²) in [6.07, 6.45) is 2.89. The van der Waals surface area contributed by atoms with E-state index < -0.39 is 0 Å². The molecule has 4 nitrogen and oxygen atoms in total. The molecule has 1 heterocycles. The van der Waals surface area contributed by atoms with Crippen LogP contribution in [-0.2, 0) is 4.79 Å². The number of halogens is 1. The molecule has 20 heavy (non-hydrogen) atoms. The molecule has 0 aliphatic carbocycles. The Morgan fingerprint density at radius 3 is 2.75 bits per heavy atom. The Morgan fingerprint density at radius 1 is 1.40 bits per heavy atom. The van der Waals surface area contributed by atoms with Gasteiger partial charge in [-0.15, -0.1) is 12.4 Å². The van der Waals surface area contributed by atoms with Crippen LogP contribution in [0.25, 0.3) is 10.4 Å². The normalized spacial score (nSPS) is 11.5. The Labute approximate surface area is 128 Å². The zero-order chi connectivity index (χ0) is 13.7. The van der Waals surface area contributed by atoms with E-state index in [2.05, 4.69) is 10.3 Å². The molecule has 0 saturated heterocycles. The Bertz CT molecular complexity index is 542. The van der Waals surface area contributed by atoms with Crippen LogP contribution in [-0.4, -0.2) is 16.9 Å². The molecule has 0 bridgehead atoms. The van der Waals surface area contributed by atoms with E-state index in [9.17, 15) is 4.79 Å².